The first-order valence-corrected chi connectivity index (χ1v) is 10.1. The molecule has 2 N–H and O–H groups in total. The molecule has 0 spiro atoms. The van der Waals surface area contributed by atoms with Gasteiger partial charge in [-0.25, -0.2) is 4.79 Å². The van der Waals surface area contributed by atoms with Crippen LogP contribution in [0.5, 0.6) is 11.5 Å². The Labute approximate surface area is 177 Å². The van der Waals surface area contributed by atoms with Crippen molar-refractivity contribution in [3.63, 3.8) is 0 Å². The van der Waals surface area contributed by atoms with E-state index in [0.29, 0.717) is 30.2 Å². The quantitative estimate of drug-likeness (QED) is 0.765. The fourth-order valence-corrected chi connectivity index (χ4v) is 3.80. The molecule has 0 bridgehead atoms. The van der Waals surface area contributed by atoms with E-state index in [9.17, 15) is 9.59 Å². The summed E-state index contributed by atoms with van der Waals surface area (Å²) in [5.74, 6) is 1.38. The molecule has 1 fully saturated rings. The number of nitrogens with zero attached hydrogens (tertiary/aromatic N) is 1. The molecule has 1 aliphatic rings. The van der Waals surface area contributed by atoms with Gasteiger partial charge in [0.05, 0.1) is 14.2 Å². The highest BCUT2D eigenvalue weighted by Crippen LogP contribution is 2.28. The second kappa shape index (κ2) is 10.0. The van der Waals surface area contributed by atoms with Crippen LogP contribution in [-0.4, -0.2) is 51.2 Å². The number of carbonyl (C=O) groups excluding carboxylic acids is 2. The number of methoxy groups -OCH3 is 2. The summed E-state index contributed by atoms with van der Waals surface area (Å²) in [6, 6.07) is 13.2. The molecule has 2 aromatic rings. The summed E-state index contributed by atoms with van der Waals surface area (Å²) in [4.78, 5) is 26.5. The van der Waals surface area contributed by atoms with Crippen molar-refractivity contribution < 1.29 is 19.1 Å². The van der Waals surface area contributed by atoms with E-state index in [2.05, 4.69) is 10.6 Å². The van der Waals surface area contributed by atoms with Crippen molar-refractivity contribution in [3.8, 4) is 11.5 Å². The van der Waals surface area contributed by atoms with Gasteiger partial charge in [-0.3, -0.25) is 4.79 Å². The van der Waals surface area contributed by atoms with Gasteiger partial charge in [0, 0.05) is 38.2 Å². The Morgan fingerprint density at radius 3 is 2.63 bits per heavy atom. The van der Waals surface area contributed by atoms with E-state index in [0.717, 1.165) is 30.5 Å². The minimum Gasteiger partial charge on any atom is -0.493 e. The third-order valence-corrected chi connectivity index (χ3v) is 5.44. The van der Waals surface area contributed by atoms with Crippen LogP contribution in [0.1, 0.15) is 40.2 Å². The van der Waals surface area contributed by atoms with Gasteiger partial charge in [0.2, 0.25) is 0 Å². The molecule has 2 aromatic carbocycles. The van der Waals surface area contributed by atoms with Crippen LogP contribution in [0.3, 0.4) is 0 Å². The Bertz CT molecular complexity index is 900. The molecule has 1 atom stereocenters. The molecule has 3 amide bonds. The molecule has 160 valence electrons. The normalized spacial score (nSPS) is 16.0. The first kappa shape index (κ1) is 21.5. The predicted octanol–water partition coefficient (Wildman–Crippen LogP) is 3.15. The summed E-state index contributed by atoms with van der Waals surface area (Å²) in [7, 11) is 4.82. The van der Waals surface area contributed by atoms with Gasteiger partial charge in [0.15, 0.2) is 11.5 Å². The van der Waals surface area contributed by atoms with Crippen LogP contribution in [0.4, 0.5) is 4.79 Å². The number of ether oxygens (including phenoxy) is 2. The fraction of sp³-hybridized carbons (Fsp3) is 0.391. The van der Waals surface area contributed by atoms with Crippen molar-refractivity contribution in [1.82, 2.24) is 15.5 Å². The van der Waals surface area contributed by atoms with Gasteiger partial charge in [0.1, 0.15) is 0 Å². The van der Waals surface area contributed by atoms with Gasteiger partial charge < -0.3 is 25.0 Å². The van der Waals surface area contributed by atoms with E-state index < -0.39 is 0 Å². The summed E-state index contributed by atoms with van der Waals surface area (Å²) in [6.45, 7) is 1.81. The fourth-order valence-electron chi connectivity index (χ4n) is 3.80. The van der Waals surface area contributed by atoms with E-state index >= 15 is 0 Å². The topological polar surface area (TPSA) is 79.9 Å². The molecular weight excluding hydrogens is 382 g/mol. The Morgan fingerprint density at radius 1 is 1.10 bits per heavy atom. The zero-order valence-electron chi connectivity index (χ0n) is 17.7. The van der Waals surface area contributed by atoms with Crippen LogP contribution in [-0.2, 0) is 6.54 Å². The highest BCUT2D eigenvalue weighted by molar-refractivity contribution is 5.94. The molecule has 1 saturated heterocycles. The molecule has 0 aliphatic carbocycles. The maximum atomic E-state index is 12.7. The van der Waals surface area contributed by atoms with Gasteiger partial charge in [0.25, 0.3) is 5.91 Å². The van der Waals surface area contributed by atoms with E-state index in [1.54, 1.807) is 21.3 Å². The number of amides is 3. The summed E-state index contributed by atoms with van der Waals surface area (Å²) in [6.07, 6.45) is 1.96. The summed E-state index contributed by atoms with van der Waals surface area (Å²) >= 11 is 0. The largest absolute Gasteiger partial charge is 0.493 e. The summed E-state index contributed by atoms with van der Waals surface area (Å²) in [5, 5.41) is 5.65. The molecule has 7 nitrogen and oxygen atoms in total. The smallest absolute Gasteiger partial charge is 0.317 e. The van der Waals surface area contributed by atoms with Crippen LogP contribution in [0.2, 0.25) is 0 Å². The first-order chi connectivity index (χ1) is 14.5. The SMILES string of the molecule is CNC(=O)N1CCC[C@@H](c2cccc(C(=O)NCc3ccc(OC)c(OC)c3)c2)C1. The Kier molecular flexibility index (Phi) is 7.17. The number of nitrogens with one attached hydrogen (secondary N) is 2. The molecule has 0 aromatic heterocycles. The number of hydrogen-bond acceptors (Lipinski definition) is 4. The number of carbonyl (C=O) groups is 2. The van der Waals surface area contributed by atoms with Crippen molar-refractivity contribution in [2.24, 2.45) is 0 Å². The lowest BCUT2D eigenvalue weighted by atomic mass is 9.89. The average molecular weight is 412 g/mol. The van der Waals surface area contributed by atoms with E-state index in [1.807, 2.05) is 47.4 Å². The van der Waals surface area contributed by atoms with Gasteiger partial charge >= 0.3 is 6.03 Å². The maximum Gasteiger partial charge on any atom is 0.317 e. The van der Waals surface area contributed by atoms with Crippen molar-refractivity contribution >= 4 is 11.9 Å². The molecular formula is C23H29N3O4. The Hall–Kier alpha value is -3.22. The van der Waals surface area contributed by atoms with Crippen LogP contribution < -0.4 is 20.1 Å². The van der Waals surface area contributed by atoms with E-state index in [4.69, 9.17) is 9.47 Å². The van der Waals surface area contributed by atoms with Crippen LogP contribution in [0, 0.1) is 0 Å². The number of urea groups is 1. The predicted molar refractivity (Wildman–Crippen MR) is 115 cm³/mol. The monoisotopic (exact) mass is 411 g/mol. The van der Waals surface area contributed by atoms with Crippen LogP contribution in [0.25, 0.3) is 0 Å². The highest BCUT2D eigenvalue weighted by atomic mass is 16.5. The lowest BCUT2D eigenvalue weighted by Crippen LogP contribution is -2.43. The highest BCUT2D eigenvalue weighted by Gasteiger charge is 2.24. The van der Waals surface area contributed by atoms with E-state index in [-0.39, 0.29) is 17.9 Å². The van der Waals surface area contributed by atoms with Gasteiger partial charge in [-0.1, -0.05) is 18.2 Å². The molecule has 0 radical (unpaired) electrons. The van der Waals surface area contributed by atoms with Crippen LogP contribution >= 0.6 is 0 Å². The molecule has 7 heteroatoms. The van der Waals surface area contributed by atoms with Gasteiger partial charge in [-0.15, -0.1) is 0 Å². The number of hydrogen-bond donors (Lipinski definition) is 2. The second-order valence-electron chi connectivity index (χ2n) is 7.34. The zero-order valence-corrected chi connectivity index (χ0v) is 17.7. The second-order valence-corrected chi connectivity index (χ2v) is 7.34. The Balaban J connectivity index is 1.65. The number of piperidine rings is 1. The molecule has 1 heterocycles. The zero-order chi connectivity index (χ0) is 21.5. The first-order valence-electron chi connectivity index (χ1n) is 10.1. The van der Waals surface area contributed by atoms with E-state index in [1.165, 1.54) is 0 Å². The van der Waals surface area contributed by atoms with Crippen LogP contribution in [0.15, 0.2) is 42.5 Å². The van der Waals surface area contributed by atoms with Crippen molar-refractivity contribution in [2.45, 2.75) is 25.3 Å². The lowest BCUT2D eigenvalue weighted by molar-refractivity contribution is 0.0950. The third-order valence-electron chi connectivity index (χ3n) is 5.44. The minimum absolute atomic E-state index is 0.0523. The standard InChI is InChI=1S/C23H29N3O4/c1-24-23(28)26-11-5-8-19(15-26)17-6-4-7-18(13-17)22(27)25-14-16-9-10-20(29-2)21(12-16)30-3/h4,6-7,9-10,12-13,19H,5,8,11,14-15H2,1-3H3,(H,24,28)(H,25,27)/t19-/m1/s1. The van der Waals surface area contributed by atoms with Crippen molar-refractivity contribution in [1.29, 1.82) is 0 Å². The summed E-state index contributed by atoms with van der Waals surface area (Å²) in [5.41, 5.74) is 2.62. The van der Waals surface area contributed by atoms with Crippen molar-refractivity contribution in [2.75, 3.05) is 34.4 Å². The number of likely N-dealkylation sites (tertiary alicyclic amines) is 1. The number of rotatable bonds is 6. The Morgan fingerprint density at radius 2 is 1.90 bits per heavy atom. The third kappa shape index (κ3) is 5.03. The van der Waals surface area contributed by atoms with Gasteiger partial charge in [-0.05, 0) is 48.2 Å². The van der Waals surface area contributed by atoms with Crippen molar-refractivity contribution in [3.05, 3.63) is 59.2 Å². The number of benzene rings is 2. The minimum atomic E-state index is -0.134. The lowest BCUT2D eigenvalue weighted by Gasteiger charge is -2.32. The van der Waals surface area contributed by atoms with Gasteiger partial charge in [-0.2, -0.15) is 0 Å². The average Bonchev–Trinajstić information content (AvgIpc) is 2.81. The molecule has 0 unspecified atom stereocenters. The molecule has 1 aliphatic heterocycles. The molecule has 30 heavy (non-hydrogen) atoms. The molecule has 3 rings (SSSR count). The maximum absolute atomic E-state index is 12.7. The summed E-state index contributed by atoms with van der Waals surface area (Å²) < 4.78 is 10.6. The molecule has 0 saturated carbocycles.